The zero-order valence-corrected chi connectivity index (χ0v) is 23.9. The molecule has 0 saturated carbocycles. The van der Waals surface area contributed by atoms with Crippen molar-refractivity contribution in [3.8, 4) is 5.75 Å². The number of rotatable bonds is 8. The number of hydrogen-bond acceptors (Lipinski definition) is 5. The van der Waals surface area contributed by atoms with Gasteiger partial charge in [0.15, 0.2) is 5.82 Å². The van der Waals surface area contributed by atoms with E-state index in [0.717, 1.165) is 12.5 Å². The highest BCUT2D eigenvalue weighted by atomic mass is 35.5. The number of carbonyl (C=O) groups is 1. The second-order valence-corrected chi connectivity index (χ2v) is 11.3. The lowest BCUT2D eigenvalue weighted by atomic mass is 9.91. The summed E-state index contributed by atoms with van der Waals surface area (Å²) < 4.78 is 70.3. The van der Waals surface area contributed by atoms with E-state index in [1.165, 1.54) is 18.2 Å². The average molecular weight is 618 g/mol. The maximum absolute atomic E-state index is 15.0. The van der Waals surface area contributed by atoms with Crippen molar-refractivity contribution in [3.63, 3.8) is 0 Å². The first-order valence-corrected chi connectivity index (χ1v) is 14.2. The summed E-state index contributed by atoms with van der Waals surface area (Å²) in [6, 6.07) is 11.4. The number of fused-ring (bicyclic) bond motifs is 2. The molecule has 4 aromatic rings. The minimum Gasteiger partial charge on any atom is -0.488 e. The molecule has 2 aliphatic heterocycles. The molecule has 43 heavy (non-hydrogen) atoms. The van der Waals surface area contributed by atoms with Crippen LogP contribution in [-0.4, -0.2) is 44.8 Å². The standard InChI is InChI=1S/C31H28ClF4N3O4/c1-17-23-13-27(43-16-18-2-4-21(32)5-3-18)24(31(34,35)36)10-19(23)6-8-38(17)15-28-37-29-25(33)11-20(30(40)41)12-26(29)39(28)14-22-7-9-42-22/h2-5,10-13,17,22H,6-9,14-16H2,1H3,(H,40,41)/t17-,22-/m0/s1. The summed E-state index contributed by atoms with van der Waals surface area (Å²) in [5, 5.41) is 10.0. The lowest BCUT2D eigenvalue weighted by Crippen LogP contribution is -2.36. The quantitative estimate of drug-likeness (QED) is 0.214. The molecule has 1 aromatic heterocycles. The molecule has 2 atom stereocenters. The molecule has 3 aromatic carbocycles. The number of alkyl halides is 3. The third kappa shape index (κ3) is 5.93. The van der Waals surface area contributed by atoms with Crippen LogP contribution in [0.2, 0.25) is 5.02 Å². The van der Waals surface area contributed by atoms with Crippen molar-refractivity contribution < 1.29 is 36.9 Å². The second-order valence-electron chi connectivity index (χ2n) is 10.9. The Balaban J connectivity index is 1.32. The summed E-state index contributed by atoms with van der Waals surface area (Å²) in [4.78, 5) is 18.2. The van der Waals surface area contributed by atoms with Crippen molar-refractivity contribution in [3.05, 3.63) is 93.0 Å². The van der Waals surface area contributed by atoms with Crippen LogP contribution in [0, 0.1) is 5.82 Å². The molecular formula is C31H28ClF4N3O4. The smallest absolute Gasteiger partial charge is 0.419 e. The lowest BCUT2D eigenvalue weighted by molar-refractivity contribution is -0.139. The van der Waals surface area contributed by atoms with Crippen LogP contribution in [0.15, 0.2) is 48.5 Å². The first-order valence-electron chi connectivity index (χ1n) is 13.9. The third-order valence-electron chi connectivity index (χ3n) is 8.18. The van der Waals surface area contributed by atoms with Gasteiger partial charge in [0.25, 0.3) is 0 Å². The zero-order chi connectivity index (χ0) is 30.5. The predicted octanol–water partition coefficient (Wildman–Crippen LogP) is 7.03. The molecule has 2 aliphatic rings. The lowest BCUT2D eigenvalue weighted by Gasteiger charge is -2.36. The Morgan fingerprint density at radius 1 is 1.19 bits per heavy atom. The molecule has 3 heterocycles. The summed E-state index contributed by atoms with van der Waals surface area (Å²) in [5.41, 5.74) is 1.39. The maximum Gasteiger partial charge on any atom is 0.419 e. The van der Waals surface area contributed by atoms with Crippen molar-refractivity contribution in [2.45, 2.75) is 57.8 Å². The van der Waals surface area contributed by atoms with Crippen molar-refractivity contribution in [1.29, 1.82) is 0 Å². The van der Waals surface area contributed by atoms with E-state index in [0.29, 0.717) is 59.2 Å². The molecule has 1 saturated heterocycles. The highest BCUT2D eigenvalue weighted by molar-refractivity contribution is 6.30. The molecule has 0 bridgehead atoms. The Morgan fingerprint density at radius 3 is 2.58 bits per heavy atom. The molecule has 1 fully saturated rings. The fourth-order valence-electron chi connectivity index (χ4n) is 5.69. The molecule has 0 amide bonds. The molecule has 6 rings (SSSR count). The number of ether oxygens (including phenoxy) is 2. The summed E-state index contributed by atoms with van der Waals surface area (Å²) in [6.45, 7) is 3.55. The summed E-state index contributed by atoms with van der Waals surface area (Å²) >= 11 is 5.93. The van der Waals surface area contributed by atoms with Gasteiger partial charge in [0.2, 0.25) is 0 Å². The predicted molar refractivity (Wildman–Crippen MR) is 151 cm³/mol. The van der Waals surface area contributed by atoms with Crippen LogP contribution in [0.4, 0.5) is 17.6 Å². The molecule has 0 aliphatic carbocycles. The minimum atomic E-state index is -4.60. The third-order valence-corrected chi connectivity index (χ3v) is 8.43. The van der Waals surface area contributed by atoms with Crippen LogP contribution < -0.4 is 4.74 Å². The van der Waals surface area contributed by atoms with Crippen LogP contribution in [0.25, 0.3) is 11.0 Å². The number of benzene rings is 3. The molecule has 1 N–H and O–H groups in total. The number of aromatic carboxylic acids is 1. The van der Waals surface area contributed by atoms with E-state index in [-0.39, 0.29) is 42.1 Å². The van der Waals surface area contributed by atoms with Crippen molar-refractivity contribution >= 4 is 28.6 Å². The van der Waals surface area contributed by atoms with Gasteiger partial charge in [-0.15, -0.1) is 0 Å². The van der Waals surface area contributed by atoms with Gasteiger partial charge < -0.3 is 19.1 Å². The van der Waals surface area contributed by atoms with Crippen LogP contribution in [0.1, 0.15) is 57.8 Å². The Bertz CT molecular complexity index is 1690. The molecular weight excluding hydrogens is 590 g/mol. The SMILES string of the molecule is C[C@H]1c2cc(OCc3ccc(Cl)cc3)c(C(F)(F)F)cc2CCN1Cc1nc2c(F)cc(C(=O)O)cc2n1C[C@@H]1CCO1. The van der Waals surface area contributed by atoms with E-state index in [9.17, 15) is 27.5 Å². The maximum atomic E-state index is 15.0. The zero-order valence-electron chi connectivity index (χ0n) is 23.1. The molecule has 12 heteroatoms. The van der Waals surface area contributed by atoms with Crippen molar-refractivity contribution in [2.75, 3.05) is 13.2 Å². The number of imidazole rings is 1. The normalized spacial score (nSPS) is 18.8. The first-order chi connectivity index (χ1) is 20.5. The topological polar surface area (TPSA) is 76.8 Å². The van der Waals surface area contributed by atoms with Crippen LogP contribution >= 0.6 is 11.6 Å². The number of nitrogens with zero attached hydrogens (tertiary/aromatic N) is 3. The van der Waals surface area contributed by atoms with Crippen LogP contribution in [0.5, 0.6) is 5.75 Å². The molecule has 226 valence electrons. The highest BCUT2D eigenvalue weighted by Crippen LogP contribution is 2.42. The first kappa shape index (κ1) is 29.4. The van der Waals surface area contributed by atoms with Gasteiger partial charge in [-0.25, -0.2) is 14.2 Å². The number of aromatic nitrogens is 2. The number of carboxylic acid groups (broad SMARTS) is 1. The molecule has 0 unspecified atom stereocenters. The molecule has 0 radical (unpaired) electrons. The van der Waals surface area contributed by atoms with Gasteiger partial charge in [0.05, 0.1) is 35.8 Å². The van der Waals surface area contributed by atoms with E-state index in [1.54, 1.807) is 28.8 Å². The average Bonchev–Trinajstić information content (AvgIpc) is 3.28. The molecule has 0 spiro atoms. The molecule has 7 nitrogen and oxygen atoms in total. The minimum absolute atomic E-state index is 0.0612. The number of carboxylic acids is 1. The Morgan fingerprint density at radius 2 is 1.93 bits per heavy atom. The number of hydrogen-bond donors (Lipinski definition) is 1. The Labute approximate surface area is 249 Å². The van der Waals surface area contributed by atoms with Crippen molar-refractivity contribution in [2.24, 2.45) is 0 Å². The van der Waals surface area contributed by atoms with Crippen LogP contribution in [0.3, 0.4) is 0 Å². The van der Waals surface area contributed by atoms with E-state index in [4.69, 9.17) is 21.1 Å². The highest BCUT2D eigenvalue weighted by Gasteiger charge is 2.37. The monoisotopic (exact) mass is 617 g/mol. The summed E-state index contributed by atoms with van der Waals surface area (Å²) in [7, 11) is 0. The largest absolute Gasteiger partial charge is 0.488 e. The fraction of sp³-hybridized carbons (Fsp3) is 0.355. The fourth-order valence-corrected chi connectivity index (χ4v) is 5.82. The number of halogens is 5. The Kier molecular flexibility index (Phi) is 7.82. The summed E-state index contributed by atoms with van der Waals surface area (Å²) in [6.07, 6.45) is -3.52. The van der Waals surface area contributed by atoms with Gasteiger partial charge in [0.1, 0.15) is 23.7 Å². The van der Waals surface area contributed by atoms with Gasteiger partial charge in [-0.2, -0.15) is 13.2 Å². The second kappa shape index (κ2) is 11.4. The van der Waals surface area contributed by atoms with E-state index in [2.05, 4.69) is 9.88 Å². The summed E-state index contributed by atoms with van der Waals surface area (Å²) in [5.74, 6) is -1.71. The van der Waals surface area contributed by atoms with Crippen LogP contribution in [-0.2, 0) is 37.0 Å². The Hall–Kier alpha value is -3.67. The van der Waals surface area contributed by atoms with Crippen molar-refractivity contribution in [1.82, 2.24) is 14.5 Å². The van der Waals surface area contributed by atoms with E-state index >= 15 is 0 Å². The van der Waals surface area contributed by atoms with Gasteiger partial charge in [0, 0.05) is 24.2 Å². The van der Waals surface area contributed by atoms with Gasteiger partial charge in [-0.3, -0.25) is 4.90 Å². The van der Waals surface area contributed by atoms with E-state index < -0.39 is 23.5 Å². The van der Waals surface area contributed by atoms with Gasteiger partial charge >= 0.3 is 12.1 Å². The van der Waals surface area contributed by atoms with E-state index in [1.807, 2.05) is 6.92 Å². The van der Waals surface area contributed by atoms with Gasteiger partial charge in [-0.1, -0.05) is 23.7 Å². The van der Waals surface area contributed by atoms with Gasteiger partial charge in [-0.05, 0) is 72.9 Å².